The Balaban J connectivity index is 2.80. The Kier molecular flexibility index (Phi) is 5.74. The average Bonchev–Trinajstić information content (AvgIpc) is 2.37. The molecule has 1 aromatic carbocycles. The van der Waals surface area contributed by atoms with E-state index in [0.717, 1.165) is 0 Å². The number of hydrogen-bond donors (Lipinski definition) is 2. The lowest BCUT2D eigenvalue weighted by atomic mass is 10.2. The van der Waals surface area contributed by atoms with E-state index in [4.69, 9.17) is 9.84 Å². The van der Waals surface area contributed by atoms with Crippen LogP contribution in [-0.2, 0) is 21.4 Å². The first-order valence-electron chi connectivity index (χ1n) is 5.81. The zero-order chi connectivity index (χ0) is 13.6. The van der Waals surface area contributed by atoms with Crippen molar-refractivity contribution < 1.29 is 18.3 Å². The van der Waals surface area contributed by atoms with Crippen molar-refractivity contribution >= 4 is 10.0 Å². The third-order valence-electron chi connectivity index (χ3n) is 2.44. The van der Waals surface area contributed by atoms with Gasteiger partial charge in [-0.2, -0.15) is 0 Å². The Hall–Kier alpha value is -0.950. The first-order chi connectivity index (χ1) is 8.51. The minimum Gasteiger partial charge on any atom is -0.392 e. The molecular weight excluding hydrogens is 254 g/mol. The number of sulfonamides is 1. The van der Waals surface area contributed by atoms with Crippen molar-refractivity contribution in [2.45, 2.75) is 31.5 Å². The maximum absolute atomic E-state index is 12.0. The zero-order valence-electron chi connectivity index (χ0n) is 10.6. The molecule has 1 rings (SSSR count). The van der Waals surface area contributed by atoms with Gasteiger partial charge < -0.3 is 9.84 Å². The molecule has 1 unspecified atom stereocenters. The summed E-state index contributed by atoms with van der Waals surface area (Å²) in [7, 11) is -3.61. The summed E-state index contributed by atoms with van der Waals surface area (Å²) in [5.41, 5.74) is 0.383. The molecule has 0 radical (unpaired) electrons. The van der Waals surface area contributed by atoms with Crippen LogP contribution < -0.4 is 4.72 Å². The molecule has 1 atom stereocenters. The highest BCUT2D eigenvalue weighted by molar-refractivity contribution is 7.89. The smallest absolute Gasteiger partial charge is 0.241 e. The van der Waals surface area contributed by atoms with Gasteiger partial charge >= 0.3 is 0 Å². The van der Waals surface area contributed by atoms with Gasteiger partial charge in [0.25, 0.3) is 0 Å². The summed E-state index contributed by atoms with van der Waals surface area (Å²) in [6.45, 7) is 4.08. The summed E-state index contributed by atoms with van der Waals surface area (Å²) in [5.74, 6) is 0. The van der Waals surface area contributed by atoms with Crippen molar-refractivity contribution in [3.8, 4) is 0 Å². The van der Waals surface area contributed by atoms with Gasteiger partial charge in [-0.05, 0) is 25.5 Å². The molecule has 0 heterocycles. The minimum atomic E-state index is -3.61. The van der Waals surface area contributed by atoms with Crippen molar-refractivity contribution in [3.05, 3.63) is 29.8 Å². The van der Waals surface area contributed by atoms with Gasteiger partial charge in [0.05, 0.1) is 17.6 Å². The maximum Gasteiger partial charge on any atom is 0.241 e. The van der Waals surface area contributed by atoms with Crippen LogP contribution in [0.3, 0.4) is 0 Å². The highest BCUT2D eigenvalue weighted by Crippen LogP contribution is 2.15. The maximum atomic E-state index is 12.0. The standard InChI is InChI=1S/C12H19NO4S/c1-3-17-10(2)8-13-18(15,16)12-7-5-4-6-11(12)9-14/h4-7,10,13-14H,3,8-9H2,1-2H3. The molecule has 0 aliphatic rings. The van der Waals surface area contributed by atoms with E-state index in [1.54, 1.807) is 25.1 Å². The van der Waals surface area contributed by atoms with Crippen LogP contribution in [0, 0.1) is 0 Å². The monoisotopic (exact) mass is 273 g/mol. The largest absolute Gasteiger partial charge is 0.392 e. The van der Waals surface area contributed by atoms with Gasteiger partial charge in [-0.3, -0.25) is 0 Å². The summed E-state index contributed by atoms with van der Waals surface area (Å²) < 4.78 is 31.8. The van der Waals surface area contributed by atoms with E-state index >= 15 is 0 Å². The van der Waals surface area contributed by atoms with E-state index in [1.165, 1.54) is 6.07 Å². The van der Waals surface area contributed by atoms with E-state index in [0.29, 0.717) is 12.2 Å². The van der Waals surface area contributed by atoms with Crippen LogP contribution in [0.2, 0.25) is 0 Å². The summed E-state index contributed by atoms with van der Waals surface area (Å²) in [6.07, 6.45) is -0.189. The number of benzene rings is 1. The molecule has 5 nitrogen and oxygen atoms in total. The van der Waals surface area contributed by atoms with Crippen molar-refractivity contribution in [2.24, 2.45) is 0 Å². The highest BCUT2D eigenvalue weighted by Gasteiger charge is 2.18. The fourth-order valence-electron chi connectivity index (χ4n) is 1.54. The Morgan fingerprint density at radius 2 is 2.06 bits per heavy atom. The summed E-state index contributed by atoms with van der Waals surface area (Å²) >= 11 is 0. The van der Waals surface area contributed by atoms with Crippen molar-refractivity contribution in [2.75, 3.05) is 13.2 Å². The molecule has 0 aliphatic carbocycles. The molecule has 0 aliphatic heterocycles. The molecule has 0 spiro atoms. The third-order valence-corrected chi connectivity index (χ3v) is 3.97. The summed E-state index contributed by atoms with van der Waals surface area (Å²) in [4.78, 5) is 0.108. The van der Waals surface area contributed by atoms with Crippen LogP contribution in [0.5, 0.6) is 0 Å². The van der Waals surface area contributed by atoms with E-state index in [2.05, 4.69) is 4.72 Å². The van der Waals surface area contributed by atoms with Crippen molar-refractivity contribution in [1.29, 1.82) is 0 Å². The van der Waals surface area contributed by atoms with Gasteiger partial charge in [-0.25, -0.2) is 13.1 Å². The van der Waals surface area contributed by atoms with Crippen LogP contribution in [0.15, 0.2) is 29.2 Å². The van der Waals surface area contributed by atoms with Gasteiger partial charge in [0.2, 0.25) is 10.0 Å². The predicted octanol–water partition coefficient (Wildman–Crippen LogP) is 0.882. The quantitative estimate of drug-likeness (QED) is 0.773. The van der Waals surface area contributed by atoms with Crippen LogP contribution in [0.1, 0.15) is 19.4 Å². The Labute approximate surface area is 108 Å². The lowest BCUT2D eigenvalue weighted by molar-refractivity contribution is 0.0799. The second kappa shape index (κ2) is 6.84. The molecule has 0 aromatic heterocycles. The molecule has 102 valence electrons. The zero-order valence-corrected chi connectivity index (χ0v) is 11.4. The average molecular weight is 273 g/mol. The first-order valence-corrected chi connectivity index (χ1v) is 7.29. The number of rotatable bonds is 7. The van der Waals surface area contributed by atoms with Gasteiger partial charge in [-0.1, -0.05) is 18.2 Å². The van der Waals surface area contributed by atoms with Gasteiger partial charge in [-0.15, -0.1) is 0 Å². The van der Waals surface area contributed by atoms with Crippen LogP contribution in [-0.4, -0.2) is 32.8 Å². The SMILES string of the molecule is CCOC(C)CNS(=O)(=O)c1ccccc1CO. The Morgan fingerprint density at radius 3 is 2.67 bits per heavy atom. The normalized spacial score (nSPS) is 13.5. The Bertz CT molecular complexity index is 473. The molecular formula is C12H19NO4S. The van der Waals surface area contributed by atoms with E-state index < -0.39 is 10.0 Å². The van der Waals surface area contributed by atoms with Crippen LogP contribution >= 0.6 is 0 Å². The topological polar surface area (TPSA) is 75.6 Å². The van der Waals surface area contributed by atoms with Crippen molar-refractivity contribution in [3.63, 3.8) is 0 Å². The fourth-order valence-corrected chi connectivity index (χ4v) is 2.89. The van der Waals surface area contributed by atoms with Gasteiger partial charge in [0, 0.05) is 13.2 Å². The molecule has 0 fully saturated rings. The first kappa shape index (κ1) is 15.1. The number of aliphatic hydroxyl groups is 1. The van der Waals surface area contributed by atoms with E-state index in [1.807, 2.05) is 6.92 Å². The van der Waals surface area contributed by atoms with Gasteiger partial charge in [0.1, 0.15) is 0 Å². The van der Waals surface area contributed by atoms with Gasteiger partial charge in [0.15, 0.2) is 0 Å². The Morgan fingerprint density at radius 1 is 1.39 bits per heavy atom. The van der Waals surface area contributed by atoms with Crippen LogP contribution in [0.25, 0.3) is 0 Å². The van der Waals surface area contributed by atoms with Crippen molar-refractivity contribution in [1.82, 2.24) is 4.72 Å². The number of ether oxygens (including phenoxy) is 1. The fraction of sp³-hybridized carbons (Fsp3) is 0.500. The minimum absolute atomic E-state index is 0.108. The highest BCUT2D eigenvalue weighted by atomic mass is 32.2. The second-order valence-corrected chi connectivity index (χ2v) is 5.62. The number of aliphatic hydroxyl groups excluding tert-OH is 1. The molecule has 0 saturated carbocycles. The summed E-state index contributed by atoms with van der Waals surface area (Å²) in [5, 5.41) is 9.13. The molecule has 0 saturated heterocycles. The lowest BCUT2D eigenvalue weighted by Gasteiger charge is -2.14. The van der Waals surface area contributed by atoms with E-state index in [9.17, 15) is 8.42 Å². The lowest BCUT2D eigenvalue weighted by Crippen LogP contribution is -2.32. The third kappa shape index (κ3) is 4.06. The molecule has 1 aromatic rings. The second-order valence-electron chi connectivity index (χ2n) is 3.88. The molecule has 2 N–H and O–H groups in total. The molecule has 0 bridgehead atoms. The predicted molar refractivity (Wildman–Crippen MR) is 68.6 cm³/mol. The number of nitrogens with one attached hydrogen (secondary N) is 1. The summed E-state index contributed by atoms with van der Waals surface area (Å²) in [6, 6.07) is 6.37. The molecule has 6 heteroatoms. The van der Waals surface area contributed by atoms with Crippen LogP contribution in [0.4, 0.5) is 0 Å². The molecule has 0 amide bonds. The number of hydrogen-bond acceptors (Lipinski definition) is 4. The van der Waals surface area contributed by atoms with E-state index in [-0.39, 0.29) is 24.2 Å². The molecule has 18 heavy (non-hydrogen) atoms.